The van der Waals surface area contributed by atoms with Gasteiger partial charge >= 0.3 is 0 Å². The van der Waals surface area contributed by atoms with Gasteiger partial charge in [-0.05, 0) is 31.0 Å². The summed E-state index contributed by atoms with van der Waals surface area (Å²) in [6, 6.07) is 13.5. The van der Waals surface area contributed by atoms with Gasteiger partial charge in [0.15, 0.2) is 5.65 Å². The molecule has 4 aromatic rings. The molecule has 6 nitrogen and oxygen atoms in total. The zero-order valence-corrected chi connectivity index (χ0v) is 17.8. The number of carbonyl (C=O) groups excluding carboxylic acids is 1. The number of fused-ring (bicyclic) bond motifs is 1. The maximum atomic E-state index is 13.0. The lowest BCUT2D eigenvalue weighted by molar-refractivity contribution is -0.131. The number of halogens is 1. The standard InChI is InChI=1S/C22H20ClN5OS/c23-18-8-2-1-7-17(18)22-24-16(14-30-22)12-20(29)27-10-5-6-15(13-27)21-26-25-19-9-3-4-11-28(19)21/h1-4,7-9,11,14-15H,5-6,10,12-13H2/t15-/m0/s1. The molecule has 152 valence electrons. The molecule has 1 aromatic carbocycles. The fourth-order valence-electron chi connectivity index (χ4n) is 3.97. The summed E-state index contributed by atoms with van der Waals surface area (Å²) >= 11 is 7.80. The van der Waals surface area contributed by atoms with E-state index in [4.69, 9.17) is 11.6 Å². The Morgan fingerprint density at radius 3 is 2.93 bits per heavy atom. The highest BCUT2D eigenvalue weighted by molar-refractivity contribution is 7.13. The van der Waals surface area contributed by atoms with Crippen LogP contribution in [0.4, 0.5) is 0 Å². The molecule has 0 unspecified atom stereocenters. The van der Waals surface area contributed by atoms with Crippen LogP contribution in [0.25, 0.3) is 16.2 Å². The van der Waals surface area contributed by atoms with E-state index in [9.17, 15) is 4.79 Å². The van der Waals surface area contributed by atoms with E-state index in [1.54, 1.807) is 0 Å². The first-order chi connectivity index (χ1) is 14.7. The molecule has 1 amide bonds. The number of likely N-dealkylation sites (tertiary alicyclic amines) is 1. The first kappa shape index (κ1) is 19.2. The molecule has 3 aromatic heterocycles. The largest absolute Gasteiger partial charge is 0.342 e. The molecule has 0 N–H and O–H groups in total. The Labute approximate surface area is 183 Å². The number of amides is 1. The average Bonchev–Trinajstić information content (AvgIpc) is 3.41. The molecular weight excluding hydrogens is 418 g/mol. The number of rotatable bonds is 4. The van der Waals surface area contributed by atoms with Crippen LogP contribution >= 0.6 is 22.9 Å². The summed E-state index contributed by atoms with van der Waals surface area (Å²) in [6.45, 7) is 1.43. The third-order valence-electron chi connectivity index (χ3n) is 5.47. The summed E-state index contributed by atoms with van der Waals surface area (Å²) in [4.78, 5) is 19.6. The second-order valence-electron chi connectivity index (χ2n) is 7.47. The third-order valence-corrected chi connectivity index (χ3v) is 6.72. The summed E-state index contributed by atoms with van der Waals surface area (Å²) in [5.41, 5.74) is 2.53. The number of pyridine rings is 1. The van der Waals surface area contributed by atoms with Crippen molar-refractivity contribution in [2.24, 2.45) is 0 Å². The molecule has 8 heteroatoms. The topological polar surface area (TPSA) is 63.4 Å². The number of thiazole rings is 1. The smallest absolute Gasteiger partial charge is 0.228 e. The quantitative estimate of drug-likeness (QED) is 0.473. The van der Waals surface area contributed by atoms with Crippen LogP contribution in [0.3, 0.4) is 0 Å². The first-order valence-electron chi connectivity index (χ1n) is 9.96. The van der Waals surface area contributed by atoms with Crippen LogP contribution in [-0.2, 0) is 11.2 Å². The number of aromatic nitrogens is 4. The van der Waals surface area contributed by atoms with Gasteiger partial charge in [-0.1, -0.05) is 35.9 Å². The van der Waals surface area contributed by atoms with E-state index in [1.165, 1.54) is 11.3 Å². The Morgan fingerprint density at radius 1 is 1.17 bits per heavy atom. The molecule has 0 spiro atoms. The summed E-state index contributed by atoms with van der Waals surface area (Å²) in [6.07, 6.45) is 4.25. The lowest BCUT2D eigenvalue weighted by Crippen LogP contribution is -2.40. The van der Waals surface area contributed by atoms with Gasteiger partial charge < -0.3 is 4.90 Å². The average molecular weight is 438 g/mol. The highest BCUT2D eigenvalue weighted by Crippen LogP contribution is 2.31. The van der Waals surface area contributed by atoms with Gasteiger partial charge in [-0.15, -0.1) is 21.5 Å². The molecule has 0 saturated carbocycles. The van der Waals surface area contributed by atoms with Crippen LogP contribution in [0.1, 0.15) is 30.3 Å². The summed E-state index contributed by atoms with van der Waals surface area (Å²) < 4.78 is 2.02. The summed E-state index contributed by atoms with van der Waals surface area (Å²) in [5, 5.41) is 12.1. The predicted molar refractivity (Wildman–Crippen MR) is 118 cm³/mol. The van der Waals surface area contributed by atoms with Crippen molar-refractivity contribution in [1.82, 2.24) is 24.5 Å². The van der Waals surface area contributed by atoms with E-state index in [0.29, 0.717) is 18.0 Å². The summed E-state index contributed by atoms with van der Waals surface area (Å²) in [7, 11) is 0. The molecule has 0 radical (unpaired) electrons. The molecular formula is C22H20ClN5OS. The van der Waals surface area contributed by atoms with Crippen LogP contribution in [0, 0.1) is 0 Å². The van der Waals surface area contributed by atoms with Gasteiger partial charge in [0.1, 0.15) is 10.8 Å². The minimum atomic E-state index is 0.101. The normalized spacial score (nSPS) is 16.8. The maximum absolute atomic E-state index is 13.0. The maximum Gasteiger partial charge on any atom is 0.228 e. The van der Waals surface area contributed by atoms with Crippen molar-refractivity contribution in [1.29, 1.82) is 0 Å². The van der Waals surface area contributed by atoms with Gasteiger partial charge in [-0.3, -0.25) is 9.20 Å². The van der Waals surface area contributed by atoms with Crippen LogP contribution in [0.5, 0.6) is 0 Å². The lowest BCUT2D eigenvalue weighted by atomic mass is 9.97. The van der Waals surface area contributed by atoms with E-state index in [2.05, 4.69) is 15.2 Å². The third kappa shape index (κ3) is 3.70. The molecule has 0 aliphatic carbocycles. The van der Waals surface area contributed by atoms with Crippen LogP contribution in [-0.4, -0.2) is 43.5 Å². The lowest BCUT2D eigenvalue weighted by Gasteiger charge is -2.32. The van der Waals surface area contributed by atoms with E-state index in [-0.39, 0.29) is 11.8 Å². The van der Waals surface area contributed by atoms with Gasteiger partial charge in [0.05, 0.1) is 17.1 Å². The van der Waals surface area contributed by atoms with E-state index in [1.807, 2.05) is 63.3 Å². The first-order valence-corrected chi connectivity index (χ1v) is 11.2. The Bertz CT molecular complexity index is 1200. The monoisotopic (exact) mass is 437 g/mol. The number of benzene rings is 1. The molecule has 1 aliphatic rings. The molecule has 30 heavy (non-hydrogen) atoms. The van der Waals surface area contributed by atoms with Crippen molar-refractivity contribution in [2.75, 3.05) is 13.1 Å². The molecule has 1 atom stereocenters. The van der Waals surface area contributed by atoms with Crippen molar-refractivity contribution >= 4 is 34.5 Å². The summed E-state index contributed by atoms with van der Waals surface area (Å²) in [5.74, 6) is 1.22. The molecule has 5 rings (SSSR count). The molecule has 1 aliphatic heterocycles. The molecule has 1 fully saturated rings. The number of carbonyl (C=O) groups is 1. The van der Waals surface area contributed by atoms with Gasteiger partial charge in [-0.25, -0.2) is 4.98 Å². The van der Waals surface area contributed by atoms with Crippen molar-refractivity contribution in [2.45, 2.75) is 25.2 Å². The highest BCUT2D eigenvalue weighted by Gasteiger charge is 2.28. The van der Waals surface area contributed by atoms with Crippen LogP contribution < -0.4 is 0 Å². The number of nitrogens with zero attached hydrogens (tertiary/aromatic N) is 5. The van der Waals surface area contributed by atoms with Gasteiger partial charge in [0, 0.05) is 36.1 Å². The Morgan fingerprint density at radius 2 is 2.03 bits per heavy atom. The second-order valence-corrected chi connectivity index (χ2v) is 8.73. The van der Waals surface area contributed by atoms with Crippen LogP contribution in [0.2, 0.25) is 5.02 Å². The van der Waals surface area contributed by atoms with E-state index < -0.39 is 0 Å². The number of piperidine rings is 1. The van der Waals surface area contributed by atoms with Gasteiger partial charge in [0.2, 0.25) is 5.91 Å². The number of hydrogen-bond donors (Lipinski definition) is 0. The molecule has 4 heterocycles. The Hall–Kier alpha value is -2.77. The minimum absolute atomic E-state index is 0.101. The van der Waals surface area contributed by atoms with Crippen molar-refractivity contribution < 1.29 is 4.79 Å². The minimum Gasteiger partial charge on any atom is -0.342 e. The van der Waals surface area contributed by atoms with Gasteiger partial charge in [0.25, 0.3) is 0 Å². The van der Waals surface area contributed by atoms with Crippen molar-refractivity contribution in [3.63, 3.8) is 0 Å². The van der Waals surface area contributed by atoms with E-state index >= 15 is 0 Å². The second kappa shape index (κ2) is 8.16. The highest BCUT2D eigenvalue weighted by atomic mass is 35.5. The fraction of sp³-hybridized carbons (Fsp3) is 0.273. The SMILES string of the molecule is O=C(Cc1csc(-c2ccccc2Cl)n1)N1CCC[C@H](c2nnc3ccccn23)C1. The zero-order chi connectivity index (χ0) is 20.5. The van der Waals surface area contributed by atoms with Crippen molar-refractivity contribution in [3.8, 4) is 10.6 Å². The zero-order valence-electron chi connectivity index (χ0n) is 16.2. The molecule has 0 bridgehead atoms. The van der Waals surface area contributed by atoms with E-state index in [0.717, 1.165) is 47.1 Å². The molecule has 1 saturated heterocycles. The Balaban J connectivity index is 1.29. The predicted octanol–water partition coefficient (Wildman–Crippen LogP) is 4.45. The van der Waals surface area contributed by atoms with Crippen LogP contribution in [0.15, 0.2) is 54.0 Å². The number of hydrogen-bond acceptors (Lipinski definition) is 5. The van der Waals surface area contributed by atoms with Gasteiger partial charge in [-0.2, -0.15) is 0 Å². The van der Waals surface area contributed by atoms with Crippen molar-refractivity contribution in [3.05, 3.63) is 70.6 Å². The Kier molecular flexibility index (Phi) is 5.23. The fourth-order valence-corrected chi connectivity index (χ4v) is 5.11.